The standard InChI is InChI=1S/C23H23N3O2S.ClH/c1-14(2)13-26-20(12-24)22(15-6-4-3-5-7-15)18-10-16(8-9-17(18)23(26)28)19-11-21(27)29-25-19;/h3-10,14H,11-13,24H2,1-2H3;1H. The number of benzene rings is 2. The zero-order chi connectivity index (χ0) is 20.5. The molecule has 7 heteroatoms. The number of hydrogen-bond donors (Lipinski definition) is 1. The zero-order valence-corrected chi connectivity index (χ0v) is 18.6. The van der Waals surface area contributed by atoms with Gasteiger partial charge in [0.2, 0.25) is 5.12 Å². The van der Waals surface area contributed by atoms with Crippen molar-refractivity contribution in [2.45, 2.75) is 33.4 Å². The molecule has 1 aliphatic rings. The van der Waals surface area contributed by atoms with Crippen LogP contribution in [-0.2, 0) is 17.9 Å². The second-order valence-electron chi connectivity index (χ2n) is 7.64. The summed E-state index contributed by atoms with van der Waals surface area (Å²) in [4.78, 5) is 25.0. The van der Waals surface area contributed by atoms with E-state index in [9.17, 15) is 9.59 Å². The molecular formula is C23H24ClN3O2S. The fourth-order valence-electron chi connectivity index (χ4n) is 3.83. The number of hydrogen-bond acceptors (Lipinski definition) is 5. The van der Waals surface area contributed by atoms with Crippen LogP contribution < -0.4 is 11.3 Å². The van der Waals surface area contributed by atoms with Gasteiger partial charge in [-0.1, -0.05) is 50.2 Å². The minimum absolute atomic E-state index is 0. The first-order valence-corrected chi connectivity index (χ1v) is 10.5. The summed E-state index contributed by atoms with van der Waals surface area (Å²) >= 11 is 0.989. The van der Waals surface area contributed by atoms with Crippen molar-refractivity contribution in [1.82, 2.24) is 4.57 Å². The van der Waals surface area contributed by atoms with Crippen LogP contribution in [0.15, 0.2) is 57.7 Å². The molecular weight excluding hydrogens is 418 g/mol. The molecule has 0 radical (unpaired) electrons. The molecule has 0 unspecified atom stereocenters. The Morgan fingerprint density at radius 1 is 1.07 bits per heavy atom. The quantitative estimate of drug-likeness (QED) is 0.588. The van der Waals surface area contributed by atoms with E-state index >= 15 is 0 Å². The summed E-state index contributed by atoms with van der Waals surface area (Å²) in [5, 5.41) is 1.55. The minimum Gasteiger partial charge on any atom is -0.325 e. The largest absolute Gasteiger partial charge is 0.325 e. The number of nitrogens with two attached hydrogens (primary N) is 1. The number of pyridine rings is 1. The van der Waals surface area contributed by atoms with Gasteiger partial charge in [0.25, 0.3) is 5.56 Å². The maximum absolute atomic E-state index is 13.3. The summed E-state index contributed by atoms with van der Waals surface area (Å²) < 4.78 is 6.11. The highest BCUT2D eigenvalue weighted by Gasteiger charge is 2.21. The van der Waals surface area contributed by atoms with Crippen molar-refractivity contribution in [2.24, 2.45) is 16.0 Å². The van der Waals surface area contributed by atoms with E-state index in [0.29, 0.717) is 24.3 Å². The molecule has 0 fully saturated rings. The van der Waals surface area contributed by atoms with Gasteiger partial charge < -0.3 is 10.3 Å². The van der Waals surface area contributed by atoms with E-state index in [0.717, 1.165) is 45.4 Å². The van der Waals surface area contributed by atoms with Crippen LogP contribution in [0.5, 0.6) is 0 Å². The molecule has 3 aromatic rings. The molecule has 2 heterocycles. The van der Waals surface area contributed by atoms with Crippen molar-refractivity contribution >= 4 is 46.0 Å². The highest BCUT2D eigenvalue weighted by atomic mass is 35.5. The predicted octanol–water partition coefficient (Wildman–Crippen LogP) is 4.57. The Morgan fingerprint density at radius 2 is 1.80 bits per heavy atom. The van der Waals surface area contributed by atoms with Crippen molar-refractivity contribution in [2.75, 3.05) is 0 Å². The van der Waals surface area contributed by atoms with Crippen molar-refractivity contribution in [1.29, 1.82) is 0 Å². The van der Waals surface area contributed by atoms with Crippen LogP contribution in [0.25, 0.3) is 21.9 Å². The minimum atomic E-state index is -0.0285. The maximum Gasteiger partial charge on any atom is 0.258 e. The lowest BCUT2D eigenvalue weighted by Crippen LogP contribution is -2.28. The van der Waals surface area contributed by atoms with Crippen LogP contribution in [0, 0.1) is 5.92 Å². The van der Waals surface area contributed by atoms with Gasteiger partial charge in [0, 0.05) is 29.7 Å². The topological polar surface area (TPSA) is 77.5 Å². The Kier molecular flexibility index (Phi) is 6.81. The van der Waals surface area contributed by atoms with Gasteiger partial charge in [0.05, 0.1) is 24.1 Å². The van der Waals surface area contributed by atoms with Crippen LogP contribution in [0.1, 0.15) is 31.5 Å². The molecule has 1 aliphatic heterocycles. The molecule has 0 amide bonds. The lowest BCUT2D eigenvalue weighted by Gasteiger charge is -2.21. The van der Waals surface area contributed by atoms with Crippen molar-refractivity contribution in [3.63, 3.8) is 0 Å². The summed E-state index contributed by atoms with van der Waals surface area (Å²) in [5.74, 6) is 0.314. The molecule has 0 saturated heterocycles. The Bertz CT molecular complexity index is 1190. The van der Waals surface area contributed by atoms with Gasteiger partial charge in [-0.15, -0.1) is 12.4 Å². The van der Waals surface area contributed by atoms with Crippen LogP contribution in [0.2, 0.25) is 0 Å². The third kappa shape index (κ3) is 4.08. The highest BCUT2D eigenvalue weighted by molar-refractivity contribution is 8.13. The summed E-state index contributed by atoms with van der Waals surface area (Å²) in [6.45, 7) is 5.06. The first-order valence-electron chi connectivity index (χ1n) is 9.71. The maximum atomic E-state index is 13.3. The van der Waals surface area contributed by atoms with E-state index in [1.54, 1.807) is 0 Å². The first-order chi connectivity index (χ1) is 14.0. The molecule has 156 valence electrons. The predicted molar refractivity (Wildman–Crippen MR) is 127 cm³/mol. The normalized spacial score (nSPS) is 13.6. The van der Waals surface area contributed by atoms with E-state index in [1.807, 2.05) is 53.1 Å². The molecule has 4 rings (SSSR count). The molecule has 0 bridgehead atoms. The molecule has 0 aliphatic carbocycles. The average molecular weight is 442 g/mol. The SMILES string of the molecule is CC(C)Cn1c(CN)c(-c2ccccc2)c2cc(C3=NSC(=O)C3)ccc2c1=O.Cl. The Labute approximate surface area is 185 Å². The number of halogens is 1. The van der Waals surface area contributed by atoms with Crippen LogP contribution in [0.3, 0.4) is 0 Å². The molecule has 2 N–H and O–H groups in total. The monoisotopic (exact) mass is 441 g/mol. The second kappa shape index (κ2) is 9.16. The number of carbonyl (C=O) groups excluding carboxylic acids is 1. The third-order valence-corrected chi connectivity index (χ3v) is 5.74. The lowest BCUT2D eigenvalue weighted by atomic mass is 9.94. The molecule has 5 nitrogen and oxygen atoms in total. The smallest absolute Gasteiger partial charge is 0.258 e. The van der Waals surface area contributed by atoms with Crippen molar-refractivity contribution in [3.8, 4) is 11.1 Å². The van der Waals surface area contributed by atoms with E-state index in [4.69, 9.17) is 5.73 Å². The number of aromatic nitrogens is 1. The molecule has 0 saturated carbocycles. The van der Waals surface area contributed by atoms with Crippen molar-refractivity contribution < 1.29 is 4.79 Å². The van der Waals surface area contributed by atoms with Gasteiger partial charge in [0.1, 0.15) is 0 Å². The fourth-order valence-corrected chi connectivity index (χ4v) is 4.42. The fraction of sp³-hybridized carbons (Fsp3) is 0.261. The summed E-state index contributed by atoms with van der Waals surface area (Å²) in [6.07, 6.45) is 0.311. The Balaban J connectivity index is 0.00000256. The third-order valence-electron chi connectivity index (χ3n) is 5.09. The van der Waals surface area contributed by atoms with Crippen molar-refractivity contribution in [3.05, 3.63) is 70.1 Å². The van der Waals surface area contributed by atoms with Crippen LogP contribution in [0.4, 0.5) is 0 Å². The Hall–Kier alpha value is -2.41. The molecule has 2 aromatic carbocycles. The van der Waals surface area contributed by atoms with E-state index < -0.39 is 0 Å². The van der Waals surface area contributed by atoms with Gasteiger partial charge in [-0.05, 0) is 34.6 Å². The number of fused-ring (bicyclic) bond motifs is 1. The number of rotatable bonds is 5. The zero-order valence-electron chi connectivity index (χ0n) is 16.9. The van der Waals surface area contributed by atoms with Gasteiger partial charge in [-0.25, -0.2) is 4.40 Å². The summed E-state index contributed by atoms with van der Waals surface area (Å²) in [7, 11) is 0. The molecule has 30 heavy (non-hydrogen) atoms. The van der Waals surface area contributed by atoms with Gasteiger partial charge in [-0.3, -0.25) is 9.59 Å². The summed E-state index contributed by atoms with van der Waals surface area (Å²) in [6, 6.07) is 15.7. The summed E-state index contributed by atoms with van der Waals surface area (Å²) in [5.41, 5.74) is 10.6. The lowest BCUT2D eigenvalue weighted by molar-refractivity contribution is -0.109. The number of nitrogens with zero attached hydrogens (tertiary/aromatic N) is 2. The molecule has 1 aromatic heterocycles. The highest BCUT2D eigenvalue weighted by Crippen LogP contribution is 2.33. The Morgan fingerprint density at radius 3 is 2.40 bits per heavy atom. The molecule has 0 atom stereocenters. The van der Waals surface area contributed by atoms with E-state index in [-0.39, 0.29) is 29.6 Å². The number of carbonyl (C=O) groups is 1. The van der Waals surface area contributed by atoms with Crippen LogP contribution >= 0.6 is 24.4 Å². The van der Waals surface area contributed by atoms with Gasteiger partial charge in [-0.2, -0.15) is 0 Å². The van der Waals surface area contributed by atoms with E-state index in [1.165, 1.54) is 0 Å². The van der Waals surface area contributed by atoms with Gasteiger partial charge in [0.15, 0.2) is 0 Å². The first kappa shape index (κ1) is 22.3. The average Bonchev–Trinajstić information content (AvgIpc) is 3.16. The van der Waals surface area contributed by atoms with Crippen LogP contribution in [-0.4, -0.2) is 15.4 Å². The van der Waals surface area contributed by atoms with Gasteiger partial charge >= 0.3 is 0 Å². The molecule has 0 spiro atoms. The van der Waals surface area contributed by atoms with E-state index in [2.05, 4.69) is 18.2 Å². The second-order valence-corrected chi connectivity index (χ2v) is 8.46.